The zero-order valence-electron chi connectivity index (χ0n) is 11.7. The highest BCUT2D eigenvalue weighted by Gasteiger charge is 2.22. The van der Waals surface area contributed by atoms with Crippen molar-refractivity contribution in [1.82, 2.24) is 15.2 Å². The zero-order valence-corrected chi connectivity index (χ0v) is 12.4. The first-order valence-corrected chi connectivity index (χ1v) is 6.78. The van der Waals surface area contributed by atoms with E-state index in [4.69, 9.17) is 17.4 Å². The Balaban J connectivity index is 2.52. The van der Waals surface area contributed by atoms with Gasteiger partial charge in [-0.3, -0.25) is 10.5 Å². The summed E-state index contributed by atoms with van der Waals surface area (Å²) in [6.45, 7) is 5.74. The van der Waals surface area contributed by atoms with E-state index in [0.717, 1.165) is 11.3 Å². The molecule has 1 heterocycles. The molecule has 2 aromatic rings. The molecule has 1 aromatic carbocycles. The number of benzene rings is 1. The molecule has 6 heteroatoms. The second-order valence-electron chi connectivity index (χ2n) is 5.02. The molecule has 0 bridgehead atoms. The Morgan fingerprint density at radius 3 is 2.65 bits per heavy atom. The molecule has 0 fully saturated rings. The monoisotopic (exact) mass is 296 g/mol. The van der Waals surface area contributed by atoms with Crippen LogP contribution < -0.4 is 11.3 Å². The van der Waals surface area contributed by atoms with Gasteiger partial charge in [0.05, 0.1) is 23.0 Å². The topological polar surface area (TPSA) is 55.9 Å². The van der Waals surface area contributed by atoms with Crippen LogP contribution in [0.2, 0.25) is 5.02 Å². The van der Waals surface area contributed by atoms with E-state index in [-0.39, 0.29) is 17.9 Å². The predicted molar refractivity (Wildman–Crippen MR) is 77.9 cm³/mol. The quantitative estimate of drug-likeness (QED) is 0.673. The van der Waals surface area contributed by atoms with Crippen LogP contribution in [0.5, 0.6) is 0 Å². The van der Waals surface area contributed by atoms with Gasteiger partial charge in [0.1, 0.15) is 5.82 Å². The number of rotatable bonds is 4. The Bertz CT molecular complexity index is 609. The molecule has 2 rings (SSSR count). The summed E-state index contributed by atoms with van der Waals surface area (Å²) >= 11 is 6.23. The number of hydrogen-bond acceptors (Lipinski definition) is 3. The Kier molecular flexibility index (Phi) is 4.42. The molecule has 0 aliphatic rings. The molecule has 0 saturated heterocycles. The van der Waals surface area contributed by atoms with Gasteiger partial charge in [-0.15, -0.1) is 0 Å². The van der Waals surface area contributed by atoms with E-state index in [0.29, 0.717) is 10.6 Å². The highest BCUT2D eigenvalue weighted by molar-refractivity contribution is 6.31. The van der Waals surface area contributed by atoms with Gasteiger partial charge in [0, 0.05) is 6.04 Å². The molecule has 4 nitrogen and oxygen atoms in total. The molecule has 1 aromatic heterocycles. The Morgan fingerprint density at radius 1 is 1.40 bits per heavy atom. The van der Waals surface area contributed by atoms with E-state index < -0.39 is 0 Å². The van der Waals surface area contributed by atoms with Crippen molar-refractivity contribution in [2.75, 3.05) is 0 Å². The van der Waals surface area contributed by atoms with Gasteiger partial charge in [-0.1, -0.05) is 23.7 Å². The van der Waals surface area contributed by atoms with Gasteiger partial charge in [-0.05, 0) is 38.0 Å². The van der Waals surface area contributed by atoms with Crippen molar-refractivity contribution < 1.29 is 4.39 Å². The van der Waals surface area contributed by atoms with Gasteiger partial charge >= 0.3 is 0 Å². The summed E-state index contributed by atoms with van der Waals surface area (Å²) in [6, 6.07) is 4.69. The van der Waals surface area contributed by atoms with Crippen LogP contribution in [-0.2, 0) is 0 Å². The summed E-state index contributed by atoms with van der Waals surface area (Å²) in [5.41, 5.74) is 4.92. The van der Waals surface area contributed by atoms with Crippen LogP contribution in [-0.4, -0.2) is 9.78 Å². The second-order valence-corrected chi connectivity index (χ2v) is 5.43. The molecule has 3 N–H and O–H groups in total. The number of hydrazine groups is 1. The maximum absolute atomic E-state index is 13.4. The van der Waals surface area contributed by atoms with E-state index in [1.807, 2.05) is 18.5 Å². The summed E-state index contributed by atoms with van der Waals surface area (Å²) in [5.74, 6) is 5.44. The lowest BCUT2D eigenvalue weighted by atomic mass is 10.0. The molecule has 0 aliphatic carbocycles. The number of hydrogen-bond donors (Lipinski definition) is 2. The third-order valence-electron chi connectivity index (χ3n) is 3.23. The van der Waals surface area contributed by atoms with Crippen LogP contribution in [0.25, 0.3) is 0 Å². The smallest absolute Gasteiger partial charge is 0.126 e. The van der Waals surface area contributed by atoms with Gasteiger partial charge in [0.15, 0.2) is 0 Å². The minimum atomic E-state index is -0.341. The third kappa shape index (κ3) is 2.70. The second kappa shape index (κ2) is 5.91. The predicted octanol–water partition coefficient (Wildman–Crippen LogP) is 3.12. The van der Waals surface area contributed by atoms with Crippen molar-refractivity contribution in [1.29, 1.82) is 0 Å². The molecule has 0 amide bonds. The molecule has 108 valence electrons. The lowest BCUT2D eigenvalue weighted by molar-refractivity contribution is 0.476. The molecule has 0 aliphatic heterocycles. The molecular weight excluding hydrogens is 279 g/mol. The number of halogens is 2. The van der Waals surface area contributed by atoms with Gasteiger partial charge < -0.3 is 0 Å². The number of nitrogens with two attached hydrogens (primary N) is 1. The van der Waals surface area contributed by atoms with Crippen LogP contribution in [0, 0.1) is 12.7 Å². The summed E-state index contributed by atoms with van der Waals surface area (Å²) in [7, 11) is 0. The minimum Gasteiger partial charge on any atom is -0.271 e. The van der Waals surface area contributed by atoms with Gasteiger partial charge in [-0.25, -0.2) is 9.82 Å². The minimum absolute atomic E-state index is 0.148. The standard InChI is InChI=1S/C14H18ClFN4/c1-8(2)20-14(11(15)7-18-20)13(19-17)10-4-5-12(16)9(3)6-10/h4-8,13,19H,17H2,1-3H3. The molecule has 20 heavy (non-hydrogen) atoms. The average Bonchev–Trinajstić information content (AvgIpc) is 2.77. The number of aryl methyl sites for hydroxylation is 1. The summed E-state index contributed by atoms with van der Waals surface area (Å²) in [4.78, 5) is 0. The van der Waals surface area contributed by atoms with E-state index in [9.17, 15) is 4.39 Å². The lowest BCUT2D eigenvalue weighted by Gasteiger charge is -2.21. The Labute approximate surface area is 122 Å². The van der Waals surface area contributed by atoms with Crippen molar-refractivity contribution >= 4 is 11.6 Å². The fourth-order valence-electron chi connectivity index (χ4n) is 2.21. The summed E-state index contributed by atoms with van der Waals surface area (Å²) in [5, 5.41) is 4.80. The van der Waals surface area contributed by atoms with E-state index in [1.165, 1.54) is 6.07 Å². The van der Waals surface area contributed by atoms with Gasteiger partial charge in [-0.2, -0.15) is 5.10 Å². The van der Waals surface area contributed by atoms with Crippen molar-refractivity contribution in [2.24, 2.45) is 5.84 Å². The number of aromatic nitrogens is 2. The van der Waals surface area contributed by atoms with Gasteiger partial charge in [0.25, 0.3) is 0 Å². The maximum Gasteiger partial charge on any atom is 0.126 e. The zero-order chi connectivity index (χ0) is 14.9. The molecule has 0 spiro atoms. The normalized spacial score (nSPS) is 12.9. The van der Waals surface area contributed by atoms with Gasteiger partial charge in [0.2, 0.25) is 0 Å². The van der Waals surface area contributed by atoms with Crippen molar-refractivity contribution in [2.45, 2.75) is 32.9 Å². The fraction of sp³-hybridized carbons (Fsp3) is 0.357. The maximum atomic E-state index is 13.4. The van der Waals surface area contributed by atoms with E-state index >= 15 is 0 Å². The van der Waals surface area contributed by atoms with Crippen molar-refractivity contribution in [3.05, 3.63) is 52.1 Å². The van der Waals surface area contributed by atoms with Crippen LogP contribution >= 0.6 is 11.6 Å². The van der Waals surface area contributed by atoms with E-state index in [2.05, 4.69) is 10.5 Å². The van der Waals surface area contributed by atoms with Crippen LogP contribution in [0.15, 0.2) is 24.4 Å². The average molecular weight is 297 g/mol. The lowest BCUT2D eigenvalue weighted by Crippen LogP contribution is -2.31. The van der Waals surface area contributed by atoms with Crippen LogP contribution in [0.4, 0.5) is 4.39 Å². The molecule has 1 atom stereocenters. The summed E-state index contributed by atoms with van der Waals surface area (Å²) in [6.07, 6.45) is 1.59. The van der Waals surface area contributed by atoms with Crippen LogP contribution in [0.3, 0.4) is 0 Å². The molecule has 0 radical (unpaired) electrons. The molecule has 0 saturated carbocycles. The summed E-state index contributed by atoms with van der Waals surface area (Å²) < 4.78 is 15.2. The largest absolute Gasteiger partial charge is 0.271 e. The fourth-order valence-corrected chi connectivity index (χ4v) is 2.45. The first-order valence-electron chi connectivity index (χ1n) is 6.40. The van der Waals surface area contributed by atoms with E-state index in [1.54, 1.807) is 25.3 Å². The Morgan fingerprint density at radius 2 is 2.10 bits per heavy atom. The number of nitrogens with one attached hydrogen (secondary N) is 1. The molecular formula is C14H18ClFN4. The Hall–Kier alpha value is -1.43. The highest BCUT2D eigenvalue weighted by Crippen LogP contribution is 2.30. The van der Waals surface area contributed by atoms with Crippen molar-refractivity contribution in [3.8, 4) is 0 Å². The first kappa shape index (κ1) is 15.0. The first-order chi connectivity index (χ1) is 9.45. The molecule has 1 unspecified atom stereocenters. The third-order valence-corrected chi connectivity index (χ3v) is 3.52. The van der Waals surface area contributed by atoms with Crippen LogP contribution in [0.1, 0.15) is 42.8 Å². The van der Waals surface area contributed by atoms with Crippen molar-refractivity contribution in [3.63, 3.8) is 0 Å². The SMILES string of the molecule is Cc1cc(C(NN)c2c(Cl)cnn2C(C)C)ccc1F. The highest BCUT2D eigenvalue weighted by atomic mass is 35.5. The number of nitrogens with zero attached hydrogens (tertiary/aromatic N) is 2.